The lowest BCUT2D eigenvalue weighted by Gasteiger charge is -2.29. The molecule has 1 amide bonds. The molecule has 1 aromatic rings. The van der Waals surface area contributed by atoms with Crippen LogP contribution in [0.5, 0.6) is 0 Å². The van der Waals surface area contributed by atoms with Crippen molar-refractivity contribution in [3.05, 3.63) is 18.1 Å². The zero-order valence-electron chi connectivity index (χ0n) is 16.4. The summed E-state index contributed by atoms with van der Waals surface area (Å²) >= 11 is 1.97. The number of aliphatic imine (C=N–C) groups is 1. The second-order valence-corrected chi connectivity index (χ2v) is 12.6. The van der Waals surface area contributed by atoms with Crippen molar-refractivity contribution in [1.29, 1.82) is 0 Å². The summed E-state index contributed by atoms with van der Waals surface area (Å²) in [6.07, 6.45) is 12.8. The number of carbonyl (C=O) groups is 1. The minimum Gasteiger partial charge on any atom is -0.474 e. The largest absolute Gasteiger partial charge is 0.474 e. The van der Waals surface area contributed by atoms with Crippen LogP contribution in [0.25, 0.3) is 5.88 Å². The van der Waals surface area contributed by atoms with Gasteiger partial charge in [0.1, 0.15) is 6.10 Å². The van der Waals surface area contributed by atoms with Gasteiger partial charge >= 0.3 is 0 Å². The first-order chi connectivity index (χ1) is 13.8. The van der Waals surface area contributed by atoms with Crippen molar-refractivity contribution in [3.63, 3.8) is 0 Å². The van der Waals surface area contributed by atoms with Crippen LogP contribution in [0.1, 0.15) is 68.2 Å². The number of carbonyl (C=O) groups excluding carboxylic acids is 1. The van der Waals surface area contributed by atoms with Gasteiger partial charge in [0.2, 0.25) is 11.8 Å². The van der Waals surface area contributed by atoms with E-state index in [2.05, 4.69) is 9.12 Å². The summed E-state index contributed by atoms with van der Waals surface area (Å²) in [5.41, 5.74) is 1.56. The molecule has 2 aliphatic carbocycles. The summed E-state index contributed by atoms with van der Waals surface area (Å²) < 4.78 is 10.2. The molecule has 3 heterocycles. The molecule has 5 rings (SSSR count). The van der Waals surface area contributed by atoms with Crippen molar-refractivity contribution in [2.45, 2.75) is 76.7 Å². The number of fused-ring (bicyclic) bond motifs is 3. The molecule has 0 radical (unpaired) electrons. The van der Waals surface area contributed by atoms with E-state index in [4.69, 9.17) is 9.73 Å². The van der Waals surface area contributed by atoms with Crippen LogP contribution in [0.2, 0.25) is 0 Å². The molecule has 1 saturated carbocycles. The van der Waals surface area contributed by atoms with E-state index in [1.165, 1.54) is 50.2 Å². The normalized spacial score (nSPS) is 26.4. The minimum absolute atomic E-state index is 0.0584. The van der Waals surface area contributed by atoms with Crippen molar-refractivity contribution in [2.24, 2.45) is 10.9 Å². The highest BCUT2D eigenvalue weighted by molar-refractivity contribution is 14.2. The summed E-state index contributed by atoms with van der Waals surface area (Å²) in [5.74, 6) is 2.00. The Morgan fingerprint density at radius 2 is 2.00 bits per heavy atom. The molecule has 1 aromatic heterocycles. The highest BCUT2D eigenvalue weighted by Gasteiger charge is 2.26. The van der Waals surface area contributed by atoms with Crippen LogP contribution >= 0.6 is 32.1 Å². The monoisotopic (exact) mass is 512 g/mol. The Hall–Kier alpha value is -0.760. The van der Waals surface area contributed by atoms with E-state index < -0.39 is 0 Å². The molecule has 0 aromatic carbocycles. The van der Waals surface area contributed by atoms with Crippen LogP contribution in [0.4, 0.5) is 0 Å². The molecule has 0 atom stereocenters. The predicted octanol–water partition coefficient (Wildman–Crippen LogP) is 4.54. The Bertz CT molecular complexity index is 892. The van der Waals surface area contributed by atoms with Crippen molar-refractivity contribution in [2.75, 3.05) is 13.1 Å². The summed E-state index contributed by atoms with van der Waals surface area (Å²) in [5, 5.41) is 1.39. The van der Waals surface area contributed by atoms with E-state index in [1.807, 2.05) is 11.3 Å². The number of likely N-dealkylation sites (tertiary alicyclic amines) is 1. The molecule has 4 nitrogen and oxygen atoms in total. The Morgan fingerprint density at radius 3 is 2.82 bits per heavy atom. The van der Waals surface area contributed by atoms with Gasteiger partial charge in [0.15, 0.2) is 0 Å². The number of aryl methyl sites for hydroxylation is 1. The number of nitrogens with zero attached hydrogens (tertiary/aromatic N) is 2. The van der Waals surface area contributed by atoms with E-state index in [1.54, 1.807) is 12.9 Å². The highest BCUT2D eigenvalue weighted by Crippen LogP contribution is 2.33. The van der Waals surface area contributed by atoms with E-state index >= 15 is 0 Å². The molecule has 0 spiro atoms. The van der Waals surface area contributed by atoms with Crippen LogP contribution in [-0.4, -0.2) is 34.2 Å². The van der Waals surface area contributed by atoms with E-state index in [0.29, 0.717) is 17.9 Å². The number of halogens is 1. The second-order valence-electron chi connectivity index (χ2n) is 8.53. The smallest absolute Gasteiger partial charge is 0.223 e. The molecule has 1 saturated heterocycles. The van der Waals surface area contributed by atoms with Gasteiger partial charge in [-0.25, -0.2) is 4.99 Å². The highest BCUT2D eigenvalue weighted by atomic mass is 127. The molecule has 4 aliphatic rings. The van der Waals surface area contributed by atoms with Gasteiger partial charge in [-0.2, -0.15) is 0 Å². The van der Waals surface area contributed by atoms with Crippen molar-refractivity contribution in [1.82, 2.24) is 4.90 Å². The van der Waals surface area contributed by atoms with Gasteiger partial charge in [0.25, 0.3) is 0 Å². The quantitative estimate of drug-likeness (QED) is 0.544. The Balaban J connectivity index is 1.17. The Labute approximate surface area is 180 Å². The zero-order chi connectivity index (χ0) is 18.9. The molecular formula is C22H29IN2O2S. The maximum Gasteiger partial charge on any atom is 0.223 e. The van der Waals surface area contributed by atoms with Crippen molar-refractivity contribution in [3.8, 4) is 0 Å². The number of hydrogen-bond acceptors (Lipinski definition) is 4. The second kappa shape index (κ2) is 8.54. The Kier molecular flexibility index (Phi) is 5.86. The van der Waals surface area contributed by atoms with Gasteiger partial charge in [-0.1, -0.05) is 20.7 Å². The van der Waals surface area contributed by atoms with Gasteiger partial charge in [-0.05, 0) is 75.7 Å². The maximum absolute atomic E-state index is 12.3. The number of ether oxygens (including phenoxy) is 1. The molecule has 28 heavy (non-hydrogen) atoms. The molecule has 0 unspecified atom stereocenters. The lowest BCUT2D eigenvalue weighted by molar-refractivity contribution is -0.130. The Morgan fingerprint density at radius 1 is 1.18 bits per heavy atom. The third-order valence-electron chi connectivity index (χ3n) is 6.70. The molecular weight excluding hydrogens is 483 g/mol. The zero-order valence-corrected chi connectivity index (χ0v) is 19.4. The summed E-state index contributed by atoms with van der Waals surface area (Å²) in [6, 6.07) is 0. The molecule has 6 heteroatoms. The minimum atomic E-state index is -0.0584. The summed E-state index contributed by atoms with van der Waals surface area (Å²) in [6.45, 7) is 1.96. The first kappa shape index (κ1) is 19.2. The van der Waals surface area contributed by atoms with Crippen LogP contribution in [-0.2, 0) is 22.4 Å². The lowest BCUT2D eigenvalue weighted by atomic mass is 9.84. The summed E-state index contributed by atoms with van der Waals surface area (Å²) in [7, 11) is 0. The number of amides is 1. The number of hydrogen-bond donors (Lipinski definition) is 0. The third kappa shape index (κ3) is 3.95. The first-order valence-corrected chi connectivity index (χ1v) is 14.0. The average Bonchev–Trinajstić information content (AvgIpc) is 3.44. The molecule has 152 valence electrons. The van der Waals surface area contributed by atoms with Gasteiger partial charge in [0, 0.05) is 24.4 Å². The standard InChI is InChI=1S/C22H29IN2O2S/c26-19(25-12-1-2-13-25)11-8-15-6-9-16(10-7-15)27-22-20-17-4-3-5-18(17)28-21(20)23-14-24-22/h14-16H,1-13H2. The molecule has 2 aliphatic heterocycles. The topological polar surface area (TPSA) is 41.9 Å². The summed E-state index contributed by atoms with van der Waals surface area (Å²) in [4.78, 5) is 20.7. The fraction of sp³-hybridized carbons (Fsp3) is 0.682. The average molecular weight is 512 g/mol. The van der Waals surface area contributed by atoms with E-state index in [0.717, 1.165) is 44.7 Å². The van der Waals surface area contributed by atoms with Crippen LogP contribution in [0, 0.1) is 8.39 Å². The molecule has 0 N–H and O–H groups in total. The SMILES string of the molecule is O=C(CCC1CCC(OC2=c3c4c(sc3=IC=N2)CCC4)CC1)N1CCCC1. The van der Waals surface area contributed by atoms with Gasteiger partial charge in [-0.3, -0.25) is 4.79 Å². The molecule has 2 fully saturated rings. The predicted molar refractivity (Wildman–Crippen MR) is 123 cm³/mol. The number of rotatable bonds is 5. The van der Waals surface area contributed by atoms with Crippen molar-refractivity contribution < 1.29 is 9.53 Å². The van der Waals surface area contributed by atoms with Crippen molar-refractivity contribution >= 4 is 48.1 Å². The van der Waals surface area contributed by atoms with Crippen LogP contribution in [0.3, 0.4) is 0 Å². The molecule has 0 bridgehead atoms. The van der Waals surface area contributed by atoms with E-state index in [-0.39, 0.29) is 20.7 Å². The lowest BCUT2D eigenvalue weighted by Crippen LogP contribution is -2.29. The maximum atomic E-state index is 12.3. The number of thiophene rings is 1. The van der Waals surface area contributed by atoms with Gasteiger partial charge in [-0.15, -0.1) is 11.3 Å². The fourth-order valence-corrected chi connectivity index (χ4v) is 9.18. The van der Waals surface area contributed by atoms with Gasteiger partial charge in [0.05, 0.1) is 11.9 Å². The third-order valence-corrected chi connectivity index (χ3v) is 10.7. The fourth-order valence-electron chi connectivity index (χ4n) is 5.08. The van der Waals surface area contributed by atoms with Gasteiger partial charge < -0.3 is 9.64 Å². The van der Waals surface area contributed by atoms with Crippen LogP contribution in [0.15, 0.2) is 4.99 Å². The van der Waals surface area contributed by atoms with Crippen LogP contribution < -0.4 is 5.22 Å². The first-order valence-electron chi connectivity index (χ1n) is 10.9. The van der Waals surface area contributed by atoms with E-state index in [9.17, 15) is 4.79 Å².